The molecule has 1 fully saturated rings. The number of methoxy groups -OCH3 is 1. The van der Waals surface area contributed by atoms with Crippen LogP contribution in [-0.2, 0) is 0 Å². The molecular formula is C16H25N3O2. The first-order chi connectivity index (χ1) is 10.0. The Hall–Kier alpha value is -1.75. The van der Waals surface area contributed by atoms with Gasteiger partial charge < -0.3 is 20.3 Å². The third-order valence-electron chi connectivity index (χ3n) is 4.17. The average Bonchev–Trinajstić information content (AvgIpc) is 2.48. The van der Waals surface area contributed by atoms with Gasteiger partial charge in [0.15, 0.2) is 0 Å². The summed E-state index contributed by atoms with van der Waals surface area (Å²) in [6, 6.07) is 5.16. The molecule has 1 amide bonds. The third-order valence-corrected chi connectivity index (χ3v) is 4.17. The largest absolute Gasteiger partial charge is 0.496 e. The van der Waals surface area contributed by atoms with Gasteiger partial charge in [-0.15, -0.1) is 0 Å². The van der Waals surface area contributed by atoms with Crippen LogP contribution >= 0.6 is 0 Å². The highest BCUT2D eigenvalue weighted by Gasteiger charge is 2.22. The number of benzene rings is 1. The van der Waals surface area contributed by atoms with Gasteiger partial charge in [-0.2, -0.15) is 0 Å². The molecule has 1 heterocycles. The second kappa shape index (κ2) is 6.80. The summed E-state index contributed by atoms with van der Waals surface area (Å²) in [6.45, 7) is 3.01. The van der Waals surface area contributed by atoms with Gasteiger partial charge in [0.05, 0.1) is 12.7 Å². The summed E-state index contributed by atoms with van der Waals surface area (Å²) < 4.78 is 5.27. The molecule has 0 aliphatic carbocycles. The number of piperidine rings is 1. The van der Waals surface area contributed by atoms with Crippen LogP contribution in [0.25, 0.3) is 0 Å². The van der Waals surface area contributed by atoms with E-state index >= 15 is 0 Å². The fraction of sp³-hybridized carbons (Fsp3) is 0.562. The van der Waals surface area contributed by atoms with E-state index in [1.807, 2.05) is 7.05 Å². The molecule has 0 unspecified atom stereocenters. The number of ether oxygens (including phenoxy) is 1. The Morgan fingerprint density at radius 1 is 1.43 bits per heavy atom. The van der Waals surface area contributed by atoms with Crippen LogP contribution in [0.4, 0.5) is 5.69 Å². The fourth-order valence-corrected chi connectivity index (χ4v) is 2.80. The smallest absolute Gasteiger partial charge is 0.257 e. The van der Waals surface area contributed by atoms with Crippen molar-refractivity contribution in [1.82, 2.24) is 9.80 Å². The van der Waals surface area contributed by atoms with E-state index in [-0.39, 0.29) is 5.91 Å². The van der Waals surface area contributed by atoms with E-state index in [2.05, 4.69) is 11.9 Å². The van der Waals surface area contributed by atoms with Crippen molar-refractivity contribution < 1.29 is 9.53 Å². The average molecular weight is 291 g/mol. The maximum absolute atomic E-state index is 12.6. The van der Waals surface area contributed by atoms with Crippen molar-refractivity contribution in [3.8, 4) is 5.75 Å². The highest BCUT2D eigenvalue weighted by atomic mass is 16.5. The number of likely N-dealkylation sites (tertiary alicyclic amines) is 1. The molecule has 5 heteroatoms. The lowest BCUT2D eigenvalue weighted by molar-refractivity contribution is 0.0744. The Bertz CT molecular complexity index is 496. The molecule has 0 spiro atoms. The number of carbonyl (C=O) groups excluding carboxylic acids is 1. The quantitative estimate of drug-likeness (QED) is 0.858. The molecule has 1 aliphatic heterocycles. The first kappa shape index (κ1) is 15.6. The number of nitrogens with two attached hydrogens (primary N) is 1. The minimum absolute atomic E-state index is 0.00854. The van der Waals surface area contributed by atoms with Crippen LogP contribution in [0.1, 0.15) is 23.2 Å². The van der Waals surface area contributed by atoms with E-state index in [0.717, 1.165) is 32.5 Å². The van der Waals surface area contributed by atoms with Crippen molar-refractivity contribution in [2.45, 2.75) is 12.8 Å². The van der Waals surface area contributed by atoms with Gasteiger partial charge in [0.25, 0.3) is 5.91 Å². The maximum Gasteiger partial charge on any atom is 0.257 e. The molecular weight excluding hydrogens is 266 g/mol. The molecule has 1 aliphatic rings. The van der Waals surface area contributed by atoms with E-state index in [4.69, 9.17) is 10.5 Å². The summed E-state index contributed by atoms with van der Waals surface area (Å²) in [5.41, 5.74) is 6.90. The molecule has 5 nitrogen and oxygen atoms in total. The number of hydrogen-bond acceptors (Lipinski definition) is 4. The lowest BCUT2D eigenvalue weighted by Gasteiger charge is -2.31. The predicted octanol–water partition coefficient (Wildman–Crippen LogP) is 1.69. The highest BCUT2D eigenvalue weighted by molar-refractivity contribution is 5.97. The summed E-state index contributed by atoms with van der Waals surface area (Å²) >= 11 is 0. The highest BCUT2D eigenvalue weighted by Crippen LogP contribution is 2.24. The minimum Gasteiger partial charge on any atom is -0.496 e. The Morgan fingerprint density at radius 2 is 2.10 bits per heavy atom. The molecule has 21 heavy (non-hydrogen) atoms. The van der Waals surface area contributed by atoms with E-state index in [1.165, 1.54) is 0 Å². The van der Waals surface area contributed by atoms with E-state index in [1.54, 1.807) is 30.2 Å². The van der Waals surface area contributed by atoms with Crippen LogP contribution in [0.15, 0.2) is 18.2 Å². The van der Waals surface area contributed by atoms with Crippen molar-refractivity contribution in [3.05, 3.63) is 23.8 Å². The number of anilines is 1. The second-order valence-electron chi connectivity index (χ2n) is 5.89. The van der Waals surface area contributed by atoms with Gasteiger partial charge in [-0.25, -0.2) is 0 Å². The monoisotopic (exact) mass is 291 g/mol. The molecule has 1 saturated heterocycles. The first-order valence-electron chi connectivity index (χ1n) is 7.38. The van der Waals surface area contributed by atoms with Crippen molar-refractivity contribution in [3.63, 3.8) is 0 Å². The molecule has 2 N–H and O–H groups in total. The minimum atomic E-state index is -0.00854. The predicted molar refractivity (Wildman–Crippen MR) is 84.6 cm³/mol. The summed E-state index contributed by atoms with van der Waals surface area (Å²) in [5, 5.41) is 0. The topological polar surface area (TPSA) is 58.8 Å². The summed E-state index contributed by atoms with van der Waals surface area (Å²) in [4.78, 5) is 16.7. The van der Waals surface area contributed by atoms with E-state index in [0.29, 0.717) is 22.9 Å². The number of hydrogen-bond donors (Lipinski definition) is 1. The van der Waals surface area contributed by atoms with Crippen molar-refractivity contribution >= 4 is 11.6 Å². The molecule has 1 aromatic carbocycles. The van der Waals surface area contributed by atoms with Gasteiger partial charge in [-0.05, 0) is 51.0 Å². The van der Waals surface area contributed by atoms with Crippen LogP contribution in [0.5, 0.6) is 5.75 Å². The lowest BCUT2D eigenvalue weighted by Crippen LogP contribution is -2.38. The Balaban J connectivity index is 2.02. The van der Waals surface area contributed by atoms with Gasteiger partial charge in [0, 0.05) is 25.3 Å². The molecule has 0 bridgehead atoms. The maximum atomic E-state index is 12.6. The number of rotatable bonds is 4. The summed E-state index contributed by atoms with van der Waals surface area (Å²) in [5.74, 6) is 1.11. The van der Waals surface area contributed by atoms with Gasteiger partial charge in [0.1, 0.15) is 5.75 Å². The lowest BCUT2D eigenvalue weighted by atomic mass is 9.96. The molecule has 0 radical (unpaired) electrons. The summed E-state index contributed by atoms with van der Waals surface area (Å²) in [7, 11) is 5.56. The number of nitrogens with zero attached hydrogens (tertiary/aromatic N) is 2. The van der Waals surface area contributed by atoms with Crippen LogP contribution in [0.3, 0.4) is 0 Å². The van der Waals surface area contributed by atoms with Crippen LogP contribution in [-0.4, -0.2) is 56.5 Å². The molecule has 0 atom stereocenters. The number of carbonyl (C=O) groups is 1. The SMILES string of the molecule is COc1cc(N)ccc1C(=O)N(C)CC1CCN(C)CC1. The zero-order valence-corrected chi connectivity index (χ0v) is 13.1. The summed E-state index contributed by atoms with van der Waals surface area (Å²) in [6.07, 6.45) is 2.29. The fourth-order valence-electron chi connectivity index (χ4n) is 2.80. The normalized spacial score (nSPS) is 16.7. The number of amides is 1. The Morgan fingerprint density at radius 3 is 2.71 bits per heavy atom. The first-order valence-corrected chi connectivity index (χ1v) is 7.38. The standard InChI is InChI=1S/C16H25N3O2/c1-18-8-6-12(7-9-18)11-19(2)16(20)14-5-4-13(17)10-15(14)21-3/h4-5,10,12H,6-9,11,17H2,1-3H3. The zero-order chi connectivity index (χ0) is 15.4. The van der Waals surface area contributed by atoms with Gasteiger partial charge in [-0.1, -0.05) is 0 Å². The van der Waals surface area contributed by atoms with Gasteiger partial charge >= 0.3 is 0 Å². The van der Waals surface area contributed by atoms with Crippen molar-refractivity contribution in [2.75, 3.05) is 46.6 Å². The zero-order valence-electron chi connectivity index (χ0n) is 13.1. The van der Waals surface area contributed by atoms with Gasteiger partial charge in [0.2, 0.25) is 0 Å². The molecule has 0 aromatic heterocycles. The van der Waals surface area contributed by atoms with E-state index < -0.39 is 0 Å². The molecule has 116 valence electrons. The van der Waals surface area contributed by atoms with Crippen LogP contribution in [0.2, 0.25) is 0 Å². The van der Waals surface area contributed by atoms with Gasteiger partial charge in [-0.3, -0.25) is 4.79 Å². The van der Waals surface area contributed by atoms with Crippen LogP contribution in [0, 0.1) is 5.92 Å². The third kappa shape index (κ3) is 3.88. The molecule has 0 saturated carbocycles. The van der Waals surface area contributed by atoms with E-state index in [9.17, 15) is 4.79 Å². The Kier molecular flexibility index (Phi) is 5.07. The number of nitrogen functional groups attached to an aromatic ring is 1. The molecule has 2 rings (SSSR count). The molecule has 1 aromatic rings. The van der Waals surface area contributed by atoms with Crippen LogP contribution < -0.4 is 10.5 Å². The Labute approximate surface area is 126 Å². The van der Waals surface area contributed by atoms with Crippen molar-refractivity contribution in [1.29, 1.82) is 0 Å². The van der Waals surface area contributed by atoms with Crippen molar-refractivity contribution in [2.24, 2.45) is 5.92 Å². The second-order valence-corrected chi connectivity index (χ2v) is 5.89.